The van der Waals surface area contributed by atoms with Gasteiger partial charge in [0.2, 0.25) is 0 Å². The number of rotatable bonds is 5. The van der Waals surface area contributed by atoms with E-state index in [2.05, 4.69) is 18.2 Å². The minimum atomic E-state index is -0.395. The second kappa shape index (κ2) is 7.03. The average Bonchev–Trinajstić information content (AvgIpc) is 2.13. The van der Waals surface area contributed by atoms with E-state index in [4.69, 9.17) is 4.74 Å². The SMILES string of the molecule is C=C/N=C\C=C(/C=C)C(=O)OCC. The maximum Gasteiger partial charge on any atom is 0.338 e. The van der Waals surface area contributed by atoms with Crippen LogP contribution in [0, 0.1) is 0 Å². The Kier molecular flexibility index (Phi) is 6.15. The van der Waals surface area contributed by atoms with Crippen LogP contribution in [0.5, 0.6) is 0 Å². The highest BCUT2D eigenvalue weighted by Gasteiger charge is 2.03. The van der Waals surface area contributed by atoms with Crippen molar-refractivity contribution < 1.29 is 9.53 Å². The molecule has 0 amide bonds. The minimum Gasteiger partial charge on any atom is -0.462 e. The van der Waals surface area contributed by atoms with Crippen LogP contribution in [-0.4, -0.2) is 18.8 Å². The fourth-order valence-corrected chi connectivity index (χ4v) is 0.618. The van der Waals surface area contributed by atoms with Crippen molar-refractivity contribution >= 4 is 12.2 Å². The summed E-state index contributed by atoms with van der Waals surface area (Å²) in [5, 5.41) is 0. The highest BCUT2D eigenvalue weighted by molar-refractivity contribution is 5.96. The molecule has 0 saturated carbocycles. The molecule has 70 valence electrons. The van der Waals surface area contributed by atoms with Gasteiger partial charge in [-0.15, -0.1) is 0 Å². The largest absolute Gasteiger partial charge is 0.462 e. The molecule has 13 heavy (non-hydrogen) atoms. The smallest absolute Gasteiger partial charge is 0.338 e. The van der Waals surface area contributed by atoms with E-state index in [9.17, 15) is 4.79 Å². The molecule has 3 heteroatoms. The second-order valence-corrected chi connectivity index (χ2v) is 2.03. The van der Waals surface area contributed by atoms with E-state index in [1.807, 2.05) is 0 Å². The molecule has 0 saturated heterocycles. The third-order valence-corrected chi connectivity index (χ3v) is 1.18. The van der Waals surface area contributed by atoms with Crippen molar-refractivity contribution in [1.29, 1.82) is 0 Å². The number of allylic oxidation sites excluding steroid dienone is 1. The van der Waals surface area contributed by atoms with E-state index in [1.54, 1.807) is 6.92 Å². The Hall–Kier alpha value is -1.64. The number of carbonyl (C=O) groups is 1. The van der Waals surface area contributed by atoms with Crippen LogP contribution >= 0.6 is 0 Å². The number of aliphatic imine (C=N–C) groups is 1. The molecule has 0 aliphatic rings. The highest BCUT2D eigenvalue weighted by atomic mass is 16.5. The Morgan fingerprint density at radius 1 is 1.54 bits per heavy atom. The van der Waals surface area contributed by atoms with Gasteiger partial charge in [-0.2, -0.15) is 0 Å². The molecular weight excluding hydrogens is 166 g/mol. The second-order valence-electron chi connectivity index (χ2n) is 2.03. The van der Waals surface area contributed by atoms with E-state index < -0.39 is 5.97 Å². The molecule has 0 heterocycles. The molecule has 0 unspecified atom stereocenters. The first-order valence-electron chi connectivity index (χ1n) is 3.90. The van der Waals surface area contributed by atoms with Crippen LogP contribution in [0.25, 0.3) is 0 Å². The molecule has 0 N–H and O–H groups in total. The van der Waals surface area contributed by atoms with E-state index in [0.717, 1.165) is 0 Å². The van der Waals surface area contributed by atoms with Gasteiger partial charge in [-0.05, 0) is 13.0 Å². The monoisotopic (exact) mass is 179 g/mol. The summed E-state index contributed by atoms with van der Waals surface area (Å²) in [6.45, 7) is 8.98. The predicted octanol–water partition coefficient (Wildman–Crippen LogP) is 1.88. The first kappa shape index (κ1) is 11.4. The Bertz CT molecular complexity index is 252. The maximum atomic E-state index is 11.1. The van der Waals surface area contributed by atoms with Gasteiger partial charge in [0.15, 0.2) is 0 Å². The van der Waals surface area contributed by atoms with Gasteiger partial charge in [-0.1, -0.05) is 19.2 Å². The first-order chi connectivity index (χ1) is 6.26. The molecule has 0 rings (SSSR count). The molecule has 0 atom stereocenters. The van der Waals surface area contributed by atoms with Crippen LogP contribution in [0.3, 0.4) is 0 Å². The topological polar surface area (TPSA) is 38.7 Å². The molecule has 0 aromatic carbocycles. The zero-order valence-corrected chi connectivity index (χ0v) is 7.69. The van der Waals surface area contributed by atoms with Gasteiger partial charge >= 0.3 is 5.97 Å². The molecular formula is C10H13NO2. The van der Waals surface area contributed by atoms with Gasteiger partial charge in [-0.3, -0.25) is 4.99 Å². The fraction of sp³-hybridized carbons (Fsp3) is 0.200. The standard InChI is InChI=1S/C10H13NO2/c1-4-9(7-8-11-5-2)10(12)13-6-3/h4-5,7-8H,1-2,6H2,3H3/b9-7+,11-8-. The number of esters is 1. The third-order valence-electron chi connectivity index (χ3n) is 1.18. The van der Waals surface area contributed by atoms with E-state index in [-0.39, 0.29) is 0 Å². The number of hydrogen-bond acceptors (Lipinski definition) is 3. The lowest BCUT2D eigenvalue weighted by molar-refractivity contribution is -0.138. The first-order valence-corrected chi connectivity index (χ1v) is 3.90. The molecule has 0 aromatic rings. The Labute approximate surface area is 78.1 Å². The molecule has 0 aliphatic carbocycles. The van der Waals surface area contributed by atoms with Crippen molar-refractivity contribution in [2.75, 3.05) is 6.61 Å². The van der Waals surface area contributed by atoms with Crippen molar-refractivity contribution in [3.8, 4) is 0 Å². The lowest BCUT2D eigenvalue weighted by atomic mass is 10.2. The molecule has 0 fully saturated rings. The molecule has 0 radical (unpaired) electrons. The zero-order valence-electron chi connectivity index (χ0n) is 7.69. The van der Waals surface area contributed by atoms with Crippen molar-refractivity contribution in [2.24, 2.45) is 4.99 Å². The normalized spacial score (nSPS) is 11.3. The average molecular weight is 179 g/mol. The summed E-state index contributed by atoms with van der Waals surface area (Å²) in [5.41, 5.74) is 0.382. The van der Waals surface area contributed by atoms with E-state index >= 15 is 0 Å². The number of nitrogens with zero attached hydrogens (tertiary/aromatic N) is 1. The quantitative estimate of drug-likeness (QED) is 0.280. The van der Waals surface area contributed by atoms with Gasteiger partial charge in [0, 0.05) is 12.4 Å². The highest BCUT2D eigenvalue weighted by Crippen LogP contribution is 1.97. The molecule has 3 nitrogen and oxygen atoms in total. The van der Waals surface area contributed by atoms with Gasteiger partial charge in [0.05, 0.1) is 12.2 Å². The number of hydrogen-bond donors (Lipinski definition) is 0. The van der Waals surface area contributed by atoms with Crippen LogP contribution in [0.4, 0.5) is 0 Å². The number of ether oxygens (including phenoxy) is 1. The fourth-order valence-electron chi connectivity index (χ4n) is 0.618. The van der Waals surface area contributed by atoms with Gasteiger partial charge in [0.25, 0.3) is 0 Å². The van der Waals surface area contributed by atoms with Crippen LogP contribution < -0.4 is 0 Å². The number of carbonyl (C=O) groups excluding carboxylic acids is 1. The minimum absolute atomic E-state index is 0.350. The van der Waals surface area contributed by atoms with Gasteiger partial charge in [-0.25, -0.2) is 4.79 Å². The van der Waals surface area contributed by atoms with Crippen molar-refractivity contribution in [3.05, 3.63) is 37.1 Å². The van der Waals surface area contributed by atoms with Crippen molar-refractivity contribution in [2.45, 2.75) is 6.92 Å². The lowest BCUT2D eigenvalue weighted by Crippen LogP contribution is -2.05. The van der Waals surface area contributed by atoms with E-state index in [0.29, 0.717) is 12.2 Å². The van der Waals surface area contributed by atoms with Crippen LogP contribution in [0.15, 0.2) is 42.1 Å². The Balaban J connectivity index is 4.39. The van der Waals surface area contributed by atoms with Crippen molar-refractivity contribution in [1.82, 2.24) is 0 Å². The molecule has 0 aliphatic heterocycles. The summed E-state index contributed by atoms with van der Waals surface area (Å²) < 4.78 is 4.76. The Morgan fingerprint density at radius 2 is 2.23 bits per heavy atom. The summed E-state index contributed by atoms with van der Waals surface area (Å²) in [6.07, 6.45) is 5.78. The van der Waals surface area contributed by atoms with Gasteiger partial charge < -0.3 is 4.74 Å². The molecule has 0 bridgehead atoms. The maximum absolute atomic E-state index is 11.1. The summed E-state index contributed by atoms with van der Waals surface area (Å²) >= 11 is 0. The summed E-state index contributed by atoms with van der Waals surface area (Å²) in [5.74, 6) is -0.395. The summed E-state index contributed by atoms with van der Waals surface area (Å²) in [6, 6.07) is 0. The van der Waals surface area contributed by atoms with Crippen LogP contribution in [0.1, 0.15) is 6.92 Å². The zero-order chi connectivity index (χ0) is 10.1. The van der Waals surface area contributed by atoms with Gasteiger partial charge in [0.1, 0.15) is 0 Å². The summed E-state index contributed by atoms with van der Waals surface area (Å²) in [7, 11) is 0. The third kappa shape index (κ3) is 4.74. The summed E-state index contributed by atoms with van der Waals surface area (Å²) in [4.78, 5) is 14.8. The van der Waals surface area contributed by atoms with E-state index in [1.165, 1.54) is 24.6 Å². The molecule has 0 spiro atoms. The van der Waals surface area contributed by atoms with Crippen LogP contribution in [-0.2, 0) is 9.53 Å². The predicted molar refractivity (Wildman–Crippen MR) is 53.6 cm³/mol. The Morgan fingerprint density at radius 3 is 2.69 bits per heavy atom. The van der Waals surface area contributed by atoms with Crippen LogP contribution in [0.2, 0.25) is 0 Å². The molecule has 0 aromatic heterocycles. The van der Waals surface area contributed by atoms with Crippen molar-refractivity contribution in [3.63, 3.8) is 0 Å². The lowest BCUT2D eigenvalue weighted by Gasteiger charge is -1.99.